The van der Waals surface area contributed by atoms with Gasteiger partial charge in [-0.1, -0.05) is 19.3 Å². The molecule has 1 saturated carbocycles. The first kappa shape index (κ1) is 14.8. The number of rotatable bonds is 7. The van der Waals surface area contributed by atoms with Gasteiger partial charge in [0.05, 0.1) is 0 Å². The predicted molar refractivity (Wildman–Crippen MR) is 71.6 cm³/mol. The summed E-state index contributed by atoms with van der Waals surface area (Å²) < 4.78 is 16.1. The van der Waals surface area contributed by atoms with E-state index in [1.54, 1.807) is 21.3 Å². The molecule has 5 heteroatoms. The maximum atomic E-state index is 5.36. The van der Waals surface area contributed by atoms with Crippen LogP contribution in [0.1, 0.15) is 38.5 Å². The molecule has 0 atom stereocenters. The van der Waals surface area contributed by atoms with Crippen LogP contribution in [0.2, 0.25) is 6.04 Å². The van der Waals surface area contributed by atoms with E-state index in [1.165, 1.54) is 32.1 Å². The second-order valence-corrected chi connectivity index (χ2v) is 7.55. The molecule has 1 aliphatic rings. The van der Waals surface area contributed by atoms with Crippen LogP contribution in [0.15, 0.2) is 4.99 Å². The van der Waals surface area contributed by atoms with Crippen molar-refractivity contribution in [2.75, 3.05) is 21.3 Å². The molecule has 0 aromatic heterocycles. The highest BCUT2D eigenvalue weighted by atomic mass is 28.4. The molecule has 100 valence electrons. The van der Waals surface area contributed by atoms with Gasteiger partial charge in [0.15, 0.2) is 0 Å². The average Bonchev–Trinajstić information content (AvgIpc) is 2.41. The van der Waals surface area contributed by atoms with Crippen LogP contribution in [0.5, 0.6) is 0 Å². The van der Waals surface area contributed by atoms with Gasteiger partial charge >= 0.3 is 8.80 Å². The van der Waals surface area contributed by atoms with E-state index in [9.17, 15) is 0 Å². The zero-order valence-corrected chi connectivity index (χ0v) is 12.3. The third kappa shape index (κ3) is 4.87. The van der Waals surface area contributed by atoms with Gasteiger partial charge in [-0.05, 0) is 25.5 Å². The van der Waals surface area contributed by atoms with E-state index < -0.39 is 8.80 Å². The van der Waals surface area contributed by atoms with Crippen molar-refractivity contribution >= 4 is 15.0 Å². The minimum absolute atomic E-state index is 0.549. The van der Waals surface area contributed by atoms with Crippen LogP contribution in [0.3, 0.4) is 0 Å². The summed E-state index contributed by atoms with van der Waals surface area (Å²) in [5.74, 6) is 0. The molecular weight excluding hydrogens is 234 g/mol. The van der Waals surface area contributed by atoms with Crippen molar-refractivity contribution in [2.45, 2.75) is 50.6 Å². The fraction of sp³-hybridized carbons (Fsp3) is 0.917. The molecule has 0 radical (unpaired) electrons. The van der Waals surface area contributed by atoms with Gasteiger partial charge in [0.25, 0.3) is 0 Å². The van der Waals surface area contributed by atoms with E-state index in [-0.39, 0.29) is 0 Å². The smallest absolute Gasteiger partial charge is 0.377 e. The predicted octanol–water partition coefficient (Wildman–Crippen LogP) is 2.66. The quantitative estimate of drug-likeness (QED) is 0.521. The van der Waals surface area contributed by atoms with E-state index in [2.05, 4.69) is 4.99 Å². The molecule has 0 spiro atoms. The molecule has 0 bridgehead atoms. The Morgan fingerprint density at radius 1 is 1.06 bits per heavy atom. The Balaban J connectivity index is 2.27. The van der Waals surface area contributed by atoms with Gasteiger partial charge in [-0.2, -0.15) is 0 Å². The highest BCUT2D eigenvalue weighted by Crippen LogP contribution is 2.20. The lowest BCUT2D eigenvalue weighted by molar-refractivity contribution is 0.124. The summed E-state index contributed by atoms with van der Waals surface area (Å²) in [7, 11) is 2.56. The molecule has 0 unspecified atom stereocenters. The van der Waals surface area contributed by atoms with Gasteiger partial charge in [0.1, 0.15) is 0 Å². The number of hydrogen-bond acceptors (Lipinski definition) is 4. The maximum Gasteiger partial charge on any atom is 0.500 e. The molecule has 0 aromatic carbocycles. The Bertz CT molecular complexity index is 218. The van der Waals surface area contributed by atoms with Crippen molar-refractivity contribution in [3.63, 3.8) is 0 Å². The third-order valence-corrected chi connectivity index (χ3v) is 6.17. The van der Waals surface area contributed by atoms with Crippen LogP contribution in [-0.2, 0) is 13.3 Å². The first-order valence-electron chi connectivity index (χ1n) is 6.43. The van der Waals surface area contributed by atoms with Crippen LogP contribution in [0.25, 0.3) is 0 Å². The summed E-state index contributed by atoms with van der Waals surface area (Å²) >= 11 is 0. The fourth-order valence-electron chi connectivity index (χ4n) is 2.25. The minimum atomic E-state index is -2.40. The fourth-order valence-corrected chi connectivity index (χ4v) is 3.85. The van der Waals surface area contributed by atoms with Crippen molar-refractivity contribution in [2.24, 2.45) is 4.99 Å². The monoisotopic (exact) mass is 259 g/mol. The Morgan fingerprint density at radius 2 is 1.65 bits per heavy atom. The number of aliphatic imine (C=N–C) groups is 1. The summed E-state index contributed by atoms with van der Waals surface area (Å²) in [5.41, 5.74) is 0. The van der Waals surface area contributed by atoms with Crippen LogP contribution in [0, 0.1) is 0 Å². The topological polar surface area (TPSA) is 40.0 Å². The molecule has 0 heterocycles. The van der Waals surface area contributed by atoms with Gasteiger partial charge in [-0.25, -0.2) is 0 Å². The van der Waals surface area contributed by atoms with Crippen LogP contribution >= 0.6 is 0 Å². The van der Waals surface area contributed by atoms with Crippen molar-refractivity contribution in [1.82, 2.24) is 0 Å². The number of hydrogen-bond donors (Lipinski definition) is 0. The minimum Gasteiger partial charge on any atom is -0.377 e. The molecule has 0 saturated heterocycles. The van der Waals surface area contributed by atoms with Crippen molar-refractivity contribution in [3.8, 4) is 0 Å². The SMILES string of the molecule is CO[Si](CCC=NC1CCCCC1)(OC)OC. The number of nitrogens with zero attached hydrogens (tertiary/aromatic N) is 1. The van der Waals surface area contributed by atoms with Gasteiger partial charge in [0.2, 0.25) is 0 Å². The normalized spacial score (nSPS) is 19.0. The molecule has 1 rings (SSSR count). The van der Waals surface area contributed by atoms with E-state index in [0.29, 0.717) is 6.04 Å². The first-order valence-corrected chi connectivity index (χ1v) is 8.36. The van der Waals surface area contributed by atoms with E-state index in [4.69, 9.17) is 13.3 Å². The van der Waals surface area contributed by atoms with Gasteiger partial charge in [0, 0.05) is 33.4 Å². The Kier molecular flexibility index (Phi) is 6.95. The van der Waals surface area contributed by atoms with Gasteiger partial charge in [-0.15, -0.1) is 0 Å². The van der Waals surface area contributed by atoms with Crippen LogP contribution in [0.4, 0.5) is 0 Å². The summed E-state index contributed by atoms with van der Waals surface area (Å²) in [6.07, 6.45) is 9.42. The summed E-state index contributed by atoms with van der Waals surface area (Å²) in [5, 5.41) is 0. The van der Waals surface area contributed by atoms with Gasteiger partial charge < -0.3 is 13.3 Å². The van der Waals surface area contributed by atoms with Crippen molar-refractivity contribution in [3.05, 3.63) is 0 Å². The summed E-state index contributed by atoms with van der Waals surface area (Å²) in [6, 6.07) is 1.35. The van der Waals surface area contributed by atoms with E-state index in [0.717, 1.165) is 12.5 Å². The van der Waals surface area contributed by atoms with Crippen molar-refractivity contribution in [1.29, 1.82) is 0 Å². The van der Waals surface area contributed by atoms with E-state index >= 15 is 0 Å². The van der Waals surface area contributed by atoms with E-state index in [1.807, 2.05) is 6.21 Å². The molecule has 0 aliphatic heterocycles. The molecular formula is C12H25NO3Si. The lowest BCUT2D eigenvalue weighted by Gasteiger charge is -2.23. The molecule has 1 aliphatic carbocycles. The average molecular weight is 259 g/mol. The van der Waals surface area contributed by atoms with Crippen LogP contribution in [-0.4, -0.2) is 42.4 Å². The molecule has 1 fully saturated rings. The van der Waals surface area contributed by atoms with Gasteiger partial charge in [-0.3, -0.25) is 4.99 Å². The highest BCUT2D eigenvalue weighted by molar-refractivity contribution is 6.60. The summed E-state index contributed by atoms with van der Waals surface area (Å²) in [6.45, 7) is 0. The Labute approximate surface area is 106 Å². The molecule has 0 N–H and O–H groups in total. The second kappa shape index (κ2) is 7.97. The lowest BCUT2D eigenvalue weighted by atomic mass is 9.96. The largest absolute Gasteiger partial charge is 0.500 e. The van der Waals surface area contributed by atoms with Crippen LogP contribution < -0.4 is 0 Å². The standard InChI is InChI=1S/C12H25NO3Si/c1-14-17(15-2,16-3)11-7-10-13-12-8-5-4-6-9-12/h10,12H,4-9,11H2,1-3H3. The third-order valence-electron chi connectivity index (χ3n) is 3.40. The van der Waals surface area contributed by atoms with Crippen molar-refractivity contribution < 1.29 is 13.3 Å². The molecule has 0 amide bonds. The molecule has 17 heavy (non-hydrogen) atoms. The molecule has 4 nitrogen and oxygen atoms in total. The Hall–Kier alpha value is -0.233. The second-order valence-electron chi connectivity index (χ2n) is 4.46. The lowest BCUT2D eigenvalue weighted by Crippen LogP contribution is -2.42. The first-order chi connectivity index (χ1) is 8.26. The Morgan fingerprint density at radius 3 is 2.18 bits per heavy atom. The zero-order chi connectivity index (χ0) is 12.6. The maximum absolute atomic E-state index is 5.36. The molecule has 0 aromatic rings. The highest BCUT2D eigenvalue weighted by Gasteiger charge is 2.36. The summed E-state index contributed by atoms with van der Waals surface area (Å²) in [4.78, 5) is 4.62. The zero-order valence-electron chi connectivity index (χ0n) is 11.3.